The molecule has 0 bridgehead atoms. The smallest absolute Gasteiger partial charge is 0.328 e. The lowest BCUT2D eigenvalue weighted by Gasteiger charge is -2.20. The average molecular weight is 262 g/mol. The minimum atomic E-state index is -0.957. The van der Waals surface area contributed by atoms with E-state index in [1.165, 1.54) is 25.3 Å². The molecule has 1 aromatic carbocycles. The van der Waals surface area contributed by atoms with Crippen molar-refractivity contribution in [3.8, 4) is 5.75 Å². The van der Waals surface area contributed by atoms with Crippen molar-refractivity contribution in [2.45, 2.75) is 38.2 Å². The molecule has 0 radical (unpaired) electrons. The molecule has 0 aromatic heterocycles. The van der Waals surface area contributed by atoms with Crippen LogP contribution < -0.4 is 4.89 Å². The van der Waals surface area contributed by atoms with Gasteiger partial charge in [0.25, 0.3) is 0 Å². The molecule has 0 saturated heterocycles. The Morgan fingerprint density at radius 3 is 2.47 bits per heavy atom. The van der Waals surface area contributed by atoms with Crippen molar-refractivity contribution in [2.75, 3.05) is 0 Å². The van der Waals surface area contributed by atoms with Gasteiger partial charge in [0.2, 0.25) is 0 Å². The zero-order valence-corrected chi connectivity index (χ0v) is 10.7. The summed E-state index contributed by atoms with van der Waals surface area (Å²) in [6, 6.07) is 7.12. The number of aliphatic carboxylic acids is 1. The Balaban J connectivity index is 1.82. The lowest BCUT2D eigenvalue weighted by Crippen LogP contribution is -2.18. The number of carboxylic acids is 1. The zero-order valence-electron chi connectivity index (χ0n) is 10.7. The Labute approximate surface area is 112 Å². The van der Waals surface area contributed by atoms with Gasteiger partial charge in [-0.05, 0) is 36.6 Å². The molecule has 4 nitrogen and oxygen atoms in total. The molecule has 0 unspecified atom stereocenters. The van der Waals surface area contributed by atoms with E-state index in [1.807, 2.05) is 0 Å². The molecule has 1 fully saturated rings. The first-order valence-corrected chi connectivity index (χ1v) is 6.58. The SMILES string of the molecule is O=C(O)/C=C/c1ccc(OOC2CCCCC2)cc1. The van der Waals surface area contributed by atoms with Gasteiger partial charge < -0.3 is 9.99 Å². The van der Waals surface area contributed by atoms with Gasteiger partial charge in [-0.2, -0.15) is 4.89 Å². The van der Waals surface area contributed by atoms with Gasteiger partial charge in [0, 0.05) is 6.08 Å². The van der Waals surface area contributed by atoms with Crippen LogP contribution in [-0.2, 0) is 9.68 Å². The summed E-state index contributed by atoms with van der Waals surface area (Å²) < 4.78 is 0. The summed E-state index contributed by atoms with van der Waals surface area (Å²) in [5.41, 5.74) is 0.812. The molecule has 1 aliphatic carbocycles. The number of carboxylic acid groups (broad SMARTS) is 1. The second-order valence-corrected chi connectivity index (χ2v) is 4.68. The maximum absolute atomic E-state index is 10.4. The van der Waals surface area contributed by atoms with Gasteiger partial charge in [-0.3, -0.25) is 0 Å². The molecule has 0 spiro atoms. The van der Waals surface area contributed by atoms with E-state index < -0.39 is 5.97 Å². The van der Waals surface area contributed by atoms with Crippen LogP contribution in [-0.4, -0.2) is 17.2 Å². The molecule has 4 heteroatoms. The van der Waals surface area contributed by atoms with Crippen LogP contribution in [0, 0.1) is 0 Å². The van der Waals surface area contributed by atoms with E-state index in [0.29, 0.717) is 5.75 Å². The first-order chi connectivity index (χ1) is 9.24. The molecule has 0 aliphatic heterocycles. The van der Waals surface area contributed by atoms with Crippen molar-refractivity contribution in [3.63, 3.8) is 0 Å². The number of hydrogen-bond donors (Lipinski definition) is 1. The second kappa shape index (κ2) is 6.95. The third kappa shape index (κ3) is 4.75. The van der Waals surface area contributed by atoms with E-state index in [2.05, 4.69) is 0 Å². The lowest BCUT2D eigenvalue weighted by atomic mass is 9.98. The summed E-state index contributed by atoms with van der Waals surface area (Å²) in [7, 11) is 0. The van der Waals surface area contributed by atoms with E-state index in [9.17, 15) is 4.79 Å². The third-order valence-electron chi connectivity index (χ3n) is 3.13. The molecule has 1 saturated carbocycles. The van der Waals surface area contributed by atoms with Crippen molar-refractivity contribution in [3.05, 3.63) is 35.9 Å². The van der Waals surface area contributed by atoms with Gasteiger partial charge in [-0.25, -0.2) is 4.79 Å². The minimum absolute atomic E-state index is 0.195. The van der Waals surface area contributed by atoms with Crippen LogP contribution in [0.4, 0.5) is 0 Å². The van der Waals surface area contributed by atoms with Gasteiger partial charge in [-0.1, -0.05) is 31.4 Å². The van der Waals surface area contributed by atoms with Gasteiger partial charge in [0.15, 0.2) is 5.75 Å². The number of rotatable bonds is 5. The quantitative estimate of drug-likeness (QED) is 0.502. The Kier molecular flexibility index (Phi) is 4.98. The molecule has 0 amide bonds. The number of carbonyl (C=O) groups is 1. The number of hydrogen-bond acceptors (Lipinski definition) is 3. The van der Waals surface area contributed by atoms with Crippen LogP contribution >= 0.6 is 0 Å². The molecule has 19 heavy (non-hydrogen) atoms. The predicted molar refractivity (Wildman–Crippen MR) is 71.7 cm³/mol. The normalized spacial score (nSPS) is 16.6. The standard InChI is InChI=1S/C15H18O4/c16-15(17)11-8-12-6-9-14(10-7-12)19-18-13-4-2-1-3-5-13/h6-11,13H,1-5H2,(H,16,17)/b11-8+. The number of benzene rings is 1. The Morgan fingerprint density at radius 2 is 1.84 bits per heavy atom. The predicted octanol–water partition coefficient (Wildman–Crippen LogP) is 3.43. The van der Waals surface area contributed by atoms with Crippen LogP contribution in [0.15, 0.2) is 30.3 Å². The van der Waals surface area contributed by atoms with Crippen molar-refractivity contribution in [1.29, 1.82) is 0 Å². The van der Waals surface area contributed by atoms with Crippen LogP contribution in [0.25, 0.3) is 6.08 Å². The van der Waals surface area contributed by atoms with E-state index in [1.54, 1.807) is 24.3 Å². The van der Waals surface area contributed by atoms with Crippen LogP contribution in [0.2, 0.25) is 0 Å². The molecule has 1 N–H and O–H groups in total. The topological polar surface area (TPSA) is 55.8 Å². The fourth-order valence-corrected chi connectivity index (χ4v) is 2.09. The summed E-state index contributed by atoms with van der Waals surface area (Å²) in [5, 5.41) is 8.53. The van der Waals surface area contributed by atoms with Crippen LogP contribution in [0.3, 0.4) is 0 Å². The van der Waals surface area contributed by atoms with E-state index in [0.717, 1.165) is 24.5 Å². The summed E-state index contributed by atoms with van der Waals surface area (Å²) in [6.45, 7) is 0. The van der Waals surface area contributed by atoms with Gasteiger partial charge in [0.05, 0.1) is 0 Å². The fraction of sp³-hybridized carbons (Fsp3) is 0.400. The summed E-state index contributed by atoms with van der Waals surface area (Å²) in [5.74, 6) is -0.320. The second-order valence-electron chi connectivity index (χ2n) is 4.68. The summed E-state index contributed by atoms with van der Waals surface area (Å²) in [6.07, 6.45) is 8.63. The molecule has 1 aliphatic rings. The molecule has 102 valence electrons. The van der Waals surface area contributed by atoms with Crippen molar-refractivity contribution in [1.82, 2.24) is 0 Å². The molecular formula is C15H18O4. The Hall–Kier alpha value is -1.81. The Morgan fingerprint density at radius 1 is 1.16 bits per heavy atom. The molecular weight excluding hydrogens is 244 g/mol. The first kappa shape index (κ1) is 13.6. The zero-order chi connectivity index (χ0) is 13.5. The van der Waals surface area contributed by atoms with E-state index >= 15 is 0 Å². The first-order valence-electron chi connectivity index (χ1n) is 6.58. The molecule has 0 atom stereocenters. The largest absolute Gasteiger partial charge is 0.478 e. The maximum Gasteiger partial charge on any atom is 0.328 e. The maximum atomic E-state index is 10.4. The van der Waals surface area contributed by atoms with Gasteiger partial charge >= 0.3 is 5.97 Å². The van der Waals surface area contributed by atoms with E-state index in [4.69, 9.17) is 14.9 Å². The molecule has 1 aromatic rings. The summed E-state index contributed by atoms with van der Waals surface area (Å²) >= 11 is 0. The minimum Gasteiger partial charge on any atom is -0.478 e. The van der Waals surface area contributed by atoms with Crippen molar-refractivity contribution < 1.29 is 19.7 Å². The van der Waals surface area contributed by atoms with Crippen LogP contribution in [0.5, 0.6) is 5.75 Å². The van der Waals surface area contributed by atoms with Crippen molar-refractivity contribution in [2.24, 2.45) is 0 Å². The lowest BCUT2D eigenvalue weighted by molar-refractivity contribution is -0.250. The monoisotopic (exact) mass is 262 g/mol. The highest BCUT2D eigenvalue weighted by molar-refractivity contribution is 5.85. The highest BCUT2D eigenvalue weighted by Crippen LogP contribution is 2.22. The van der Waals surface area contributed by atoms with Crippen molar-refractivity contribution >= 4 is 12.0 Å². The molecule has 2 rings (SSSR count). The Bertz CT molecular complexity index is 430. The van der Waals surface area contributed by atoms with Gasteiger partial charge in [-0.15, -0.1) is 0 Å². The molecule has 0 heterocycles. The average Bonchev–Trinajstić information content (AvgIpc) is 2.45. The third-order valence-corrected chi connectivity index (χ3v) is 3.13. The highest BCUT2D eigenvalue weighted by Gasteiger charge is 2.15. The highest BCUT2D eigenvalue weighted by atomic mass is 17.2. The fourth-order valence-electron chi connectivity index (χ4n) is 2.09. The van der Waals surface area contributed by atoms with E-state index in [-0.39, 0.29) is 6.10 Å². The summed E-state index contributed by atoms with van der Waals surface area (Å²) in [4.78, 5) is 21.1. The van der Waals surface area contributed by atoms with Gasteiger partial charge in [0.1, 0.15) is 6.10 Å². The van der Waals surface area contributed by atoms with Crippen LogP contribution in [0.1, 0.15) is 37.7 Å².